The van der Waals surface area contributed by atoms with Crippen molar-refractivity contribution in [3.8, 4) is 11.3 Å². The van der Waals surface area contributed by atoms with Crippen LogP contribution in [0.2, 0.25) is 0 Å². The van der Waals surface area contributed by atoms with Gasteiger partial charge in [0.1, 0.15) is 5.69 Å². The van der Waals surface area contributed by atoms with Crippen LogP contribution in [-0.4, -0.2) is 50.0 Å². The predicted molar refractivity (Wildman–Crippen MR) is 73.9 cm³/mol. The van der Waals surface area contributed by atoms with Gasteiger partial charge in [-0.25, -0.2) is 0 Å². The van der Waals surface area contributed by atoms with Crippen molar-refractivity contribution in [1.82, 2.24) is 20.3 Å². The summed E-state index contributed by atoms with van der Waals surface area (Å²) in [6, 6.07) is 9.80. The highest BCUT2D eigenvalue weighted by atomic mass is 16.3. The Balaban J connectivity index is 1.61. The summed E-state index contributed by atoms with van der Waals surface area (Å²) in [6.45, 7) is 1.10. The summed E-state index contributed by atoms with van der Waals surface area (Å²) in [4.78, 5) is 0. The van der Waals surface area contributed by atoms with Gasteiger partial charge in [-0.15, -0.1) is 5.10 Å². The summed E-state index contributed by atoms with van der Waals surface area (Å²) >= 11 is 0. The van der Waals surface area contributed by atoms with Crippen LogP contribution in [0.4, 0.5) is 0 Å². The Kier molecular flexibility index (Phi) is 3.77. The first-order valence-electron chi connectivity index (χ1n) is 6.79. The van der Waals surface area contributed by atoms with Gasteiger partial charge in [0.15, 0.2) is 0 Å². The quantitative estimate of drug-likeness (QED) is 0.732. The average Bonchev–Trinajstić information content (AvgIpc) is 3.07. The van der Waals surface area contributed by atoms with Crippen molar-refractivity contribution in [1.29, 1.82) is 0 Å². The van der Waals surface area contributed by atoms with E-state index in [1.165, 1.54) is 0 Å². The van der Waals surface area contributed by atoms with Gasteiger partial charge < -0.3 is 15.5 Å². The van der Waals surface area contributed by atoms with E-state index in [0.717, 1.165) is 11.3 Å². The molecule has 106 valence electrons. The third-order valence-electron chi connectivity index (χ3n) is 3.67. The predicted octanol–water partition coefficient (Wildman–Crippen LogP) is 0.0288. The maximum absolute atomic E-state index is 9.76. The fourth-order valence-electron chi connectivity index (χ4n) is 2.47. The number of rotatable bonds is 4. The van der Waals surface area contributed by atoms with Gasteiger partial charge in [-0.2, -0.15) is 0 Å². The van der Waals surface area contributed by atoms with Crippen molar-refractivity contribution in [3.05, 3.63) is 36.5 Å². The number of hydrogen-bond acceptors (Lipinski definition) is 5. The second-order valence-electron chi connectivity index (χ2n) is 5.09. The zero-order chi connectivity index (χ0) is 13.9. The van der Waals surface area contributed by atoms with Crippen LogP contribution in [0.3, 0.4) is 0 Å². The summed E-state index contributed by atoms with van der Waals surface area (Å²) in [7, 11) is 0. The first-order valence-corrected chi connectivity index (χ1v) is 6.79. The number of hydrogen-bond donors (Lipinski definition) is 3. The van der Waals surface area contributed by atoms with E-state index in [0.29, 0.717) is 19.5 Å². The molecule has 0 amide bonds. The minimum absolute atomic E-state index is 0.0885. The number of aromatic nitrogens is 3. The molecule has 2 aromatic rings. The summed E-state index contributed by atoms with van der Waals surface area (Å²) in [5.74, 6) is 0. The maximum atomic E-state index is 9.76. The lowest BCUT2D eigenvalue weighted by molar-refractivity contribution is 0.0384. The second kappa shape index (κ2) is 5.70. The average molecular weight is 274 g/mol. The number of β-amino-alcohol motifs (C(OH)–C–C–N with tert-alkyl or cyclic N) is 1. The summed E-state index contributed by atoms with van der Waals surface area (Å²) in [5.41, 5.74) is 1.87. The second-order valence-corrected chi connectivity index (χ2v) is 5.09. The molecule has 1 aromatic heterocycles. The fraction of sp³-hybridized carbons (Fsp3) is 0.429. The van der Waals surface area contributed by atoms with Gasteiger partial charge >= 0.3 is 0 Å². The van der Waals surface area contributed by atoms with E-state index in [1.807, 2.05) is 36.5 Å². The lowest BCUT2D eigenvalue weighted by Gasteiger charge is -2.15. The van der Waals surface area contributed by atoms with Gasteiger partial charge in [0.05, 0.1) is 18.4 Å². The summed E-state index contributed by atoms with van der Waals surface area (Å²) in [6.07, 6.45) is 1.23. The van der Waals surface area contributed by atoms with E-state index < -0.39 is 12.2 Å². The molecule has 1 aliphatic rings. The Morgan fingerprint density at radius 2 is 2.05 bits per heavy atom. The minimum atomic E-state index is -0.702. The molecule has 1 aliphatic heterocycles. The molecule has 3 rings (SSSR count). The topological polar surface area (TPSA) is 83.2 Å². The number of nitrogens with one attached hydrogen (secondary N) is 1. The van der Waals surface area contributed by atoms with Gasteiger partial charge in [0.25, 0.3) is 0 Å². The highest BCUT2D eigenvalue weighted by Crippen LogP contribution is 2.16. The molecule has 1 aromatic carbocycles. The van der Waals surface area contributed by atoms with E-state index in [4.69, 9.17) is 0 Å². The molecule has 0 spiro atoms. The lowest BCUT2D eigenvalue weighted by atomic mass is 10.1. The molecule has 2 heterocycles. The molecule has 6 heteroatoms. The van der Waals surface area contributed by atoms with E-state index in [-0.39, 0.29) is 6.04 Å². The zero-order valence-corrected chi connectivity index (χ0v) is 11.1. The van der Waals surface area contributed by atoms with Crippen molar-refractivity contribution in [2.45, 2.75) is 31.2 Å². The largest absolute Gasteiger partial charge is 0.389 e. The van der Waals surface area contributed by atoms with Crippen LogP contribution in [0.15, 0.2) is 36.5 Å². The maximum Gasteiger partial charge on any atom is 0.113 e. The molecule has 3 N–H and O–H groups in total. The standard InChI is InChI=1S/C14H18N4O2/c19-13-8-15-11(14(13)20)6-7-18-9-12(16-17-18)10-4-2-1-3-5-10/h1-5,9,11,13-15,19-20H,6-8H2/t11-,13-,14+/m1/s1. The molecule has 6 nitrogen and oxygen atoms in total. The van der Waals surface area contributed by atoms with Crippen molar-refractivity contribution in [2.24, 2.45) is 0 Å². The van der Waals surface area contributed by atoms with Crippen molar-refractivity contribution >= 4 is 0 Å². The molecule has 1 fully saturated rings. The Labute approximate surface area is 117 Å². The van der Waals surface area contributed by atoms with Crippen LogP contribution in [0.5, 0.6) is 0 Å². The van der Waals surface area contributed by atoms with Gasteiger partial charge in [-0.1, -0.05) is 35.5 Å². The monoisotopic (exact) mass is 274 g/mol. The first-order chi connectivity index (χ1) is 9.74. The van der Waals surface area contributed by atoms with Crippen LogP contribution in [0, 0.1) is 0 Å². The Morgan fingerprint density at radius 1 is 1.25 bits per heavy atom. The smallest absolute Gasteiger partial charge is 0.113 e. The SMILES string of the molecule is O[C@@H]1[C@H](O)CN[C@@H]1CCn1cc(-c2ccccc2)nn1. The lowest BCUT2D eigenvalue weighted by Crippen LogP contribution is -2.33. The highest BCUT2D eigenvalue weighted by molar-refractivity contribution is 5.57. The van der Waals surface area contributed by atoms with Crippen molar-refractivity contribution in [3.63, 3.8) is 0 Å². The summed E-state index contributed by atoms with van der Waals surface area (Å²) in [5, 5.41) is 30.6. The number of benzene rings is 1. The minimum Gasteiger partial charge on any atom is -0.389 e. The van der Waals surface area contributed by atoms with Crippen LogP contribution in [0.1, 0.15) is 6.42 Å². The normalized spacial score (nSPS) is 26.0. The number of nitrogens with zero attached hydrogens (tertiary/aromatic N) is 3. The van der Waals surface area contributed by atoms with Gasteiger partial charge in [-0.3, -0.25) is 4.68 Å². The molecule has 1 saturated heterocycles. The Bertz CT molecular complexity index is 557. The van der Waals surface area contributed by atoms with Crippen molar-refractivity contribution < 1.29 is 10.2 Å². The summed E-state index contributed by atoms with van der Waals surface area (Å²) < 4.78 is 1.77. The number of aliphatic hydroxyl groups is 2. The van der Waals surface area contributed by atoms with Crippen LogP contribution in [-0.2, 0) is 6.54 Å². The molecule has 0 radical (unpaired) electrons. The third kappa shape index (κ3) is 2.72. The first kappa shape index (κ1) is 13.2. The van der Waals surface area contributed by atoms with Crippen LogP contribution in [0.25, 0.3) is 11.3 Å². The highest BCUT2D eigenvalue weighted by Gasteiger charge is 2.32. The fourth-order valence-corrected chi connectivity index (χ4v) is 2.47. The molecule has 0 saturated carbocycles. The van der Waals surface area contributed by atoms with Crippen molar-refractivity contribution in [2.75, 3.05) is 6.54 Å². The third-order valence-corrected chi connectivity index (χ3v) is 3.67. The molecule has 20 heavy (non-hydrogen) atoms. The van der Waals surface area contributed by atoms with E-state index in [9.17, 15) is 10.2 Å². The Morgan fingerprint density at radius 3 is 2.75 bits per heavy atom. The van der Waals surface area contributed by atoms with E-state index in [1.54, 1.807) is 4.68 Å². The molecule has 0 unspecified atom stereocenters. The van der Waals surface area contributed by atoms with Gasteiger partial charge in [-0.05, 0) is 6.42 Å². The molecule has 0 bridgehead atoms. The van der Waals surface area contributed by atoms with Crippen LogP contribution >= 0.6 is 0 Å². The Hall–Kier alpha value is -1.76. The number of aliphatic hydroxyl groups excluding tert-OH is 2. The van der Waals surface area contributed by atoms with E-state index in [2.05, 4.69) is 15.6 Å². The molecular weight excluding hydrogens is 256 g/mol. The van der Waals surface area contributed by atoms with Crippen LogP contribution < -0.4 is 5.32 Å². The van der Waals surface area contributed by atoms with Gasteiger partial charge in [0, 0.05) is 24.7 Å². The molecule has 3 atom stereocenters. The number of aryl methyl sites for hydroxylation is 1. The molecule has 0 aliphatic carbocycles. The molecular formula is C14H18N4O2. The zero-order valence-electron chi connectivity index (χ0n) is 11.1. The van der Waals surface area contributed by atoms with Gasteiger partial charge in [0.2, 0.25) is 0 Å². The van der Waals surface area contributed by atoms with E-state index >= 15 is 0 Å².